The van der Waals surface area contributed by atoms with Gasteiger partial charge in [0.05, 0.1) is 0 Å². The first-order valence-corrected chi connectivity index (χ1v) is 6.18. The Labute approximate surface area is 108 Å². The lowest BCUT2D eigenvalue weighted by Gasteiger charge is -2.46. The maximum atomic E-state index is 11.6. The average Bonchev–Trinajstić information content (AvgIpc) is 2.47. The van der Waals surface area contributed by atoms with Crippen LogP contribution in [0.1, 0.15) is 33.6 Å². The number of esters is 1. The third kappa shape index (κ3) is 1.65. The number of ether oxygens (including phenoxy) is 1. The molecule has 1 aliphatic carbocycles. The molecule has 0 aromatic rings. The molecule has 3 heteroatoms. The Kier molecular flexibility index (Phi) is 2.78. The maximum absolute atomic E-state index is 11.6. The second-order valence-corrected chi connectivity index (χ2v) is 5.77. The number of aliphatic hydroxyl groups is 1. The van der Waals surface area contributed by atoms with E-state index in [1.807, 2.05) is 19.9 Å². The number of allylic oxidation sites excluding steroid dienone is 2. The zero-order valence-corrected chi connectivity index (χ0v) is 11.2. The molecule has 1 heterocycles. The predicted molar refractivity (Wildman–Crippen MR) is 69.6 cm³/mol. The van der Waals surface area contributed by atoms with Crippen LogP contribution in [0.4, 0.5) is 0 Å². The van der Waals surface area contributed by atoms with Crippen LogP contribution in [0.5, 0.6) is 0 Å². The standard InChI is InChI=1S/C15H20O3/c1-6-14(5)8-15(17)12(7-11(14)9(2)3)10(4)13(16)18-15/h6,11,17H,1-2,7-8H2,3-5H3/t11-,14+,15-/m1/s1. The molecule has 0 saturated heterocycles. The van der Waals surface area contributed by atoms with Crippen molar-refractivity contribution in [3.8, 4) is 0 Å². The summed E-state index contributed by atoms with van der Waals surface area (Å²) >= 11 is 0. The van der Waals surface area contributed by atoms with E-state index in [1.165, 1.54) is 0 Å². The Bertz CT molecular complexity index is 474. The fourth-order valence-corrected chi connectivity index (χ4v) is 3.19. The van der Waals surface area contributed by atoms with Crippen molar-refractivity contribution >= 4 is 5.97 Å². The topological polar surface area (TPSA) is 46.5 Å². The largest absolute Gasteiger partial charge is 0.426 e. The lowest BCUT2D eigenvalue weighted by molar-refractivity contribution is -0.197. The molecule has 0 aromatic carbocycles. The van der Waals surface area contributed by atoms with E-state index in [0.717, 1.165) is 5.57 Å². The van der Waals surface area contributed by atoms with E-state index in [9.17, 15) is 9.90 Å². The second kappa shape index (κ2) is 3.82. The number of carbonyl (C=O) groups excluding carboxylic acids is 1. The lowest BCUT2D eigenvalue weighted by atomic mass is 9.61. The van der Waals surface area contributed by atoms with Gasteiger partial charge in [-0.1, -0.05) is 25.2 Å². The van der Waals surface area contributed by atoms with E-state index in [4.69, 9.17) is 4.74 Å². The van der Waals surface area contributed by atoms with Crippen molar-refractivity contribution in [2.24, 2.45) is 11.3 Å². The molecule has 0 amide bonds. The van der Waals surface area contributed by atoms with E-state index >= 15 is 0 Å². The van der Waals surface area contributed by atoms with Gasteiger partial charge in [-0.05, 0) is 31.6 Å². The first kappa shape index (κ1) is 13.1. The molecular weight excluding hydrogens is 228 g/mol. The highest BCUT2D eigenvalue weighted by Crippen LogP contribution is 2.54. The molecule has 3 atom stereocenters. The van der Waals surface area contributed by atoms with Crippen LogP contribution in [0, 0.1) is 11.3 Å². The first-order valence-electron chi connectivity index (χ1n) is 6.18. The number of fused-ring (bicyclic) bond motifs is 1. The van der Waals surface area contributed by atoms with Gasteiger partial charge < -0.3 is 9.84 Å². The van der Waals surface area contributed by atoms with Crippen LogP contribution in [0.25, 0.3) is 0 Å². The van der Waals surface area contributed by atoms with Gasteiger partial charge in [0.15, 0.2) is 0 Å². The average molecular weight is 248 g/mol. The molecule has 0 radical (unpaired) electrons. The Morgan fingerprint density at radius 3 is 2.72 bits per heavy atom. The van der Waals surface area contributed by atoms with Gasteiger partial charge >= 0.3 is 5.97 Å². The Morgan fingerprint density at radius 1 is 1.61 bits per heavy atom. The number of rotatable bonds is 2. The van der Waals surface area contributed by atoms with Gasteiger partial charge in [0, 0.05) is 17.6 Å². The van der Waals surface area contributed by atoms with Crippen LogP contribution >= 0.6 is 0 Å². The Balaban J connectivity index is 2.49. The van der Waals surface area contributed by atoms with E-state index < -0.39 is 11.8 Å². The lowest BCUT2D eigenvalue weighted by Crippen LogP contribution is -2.46. The van der Waals surface area contributed by atoms with Crippen molar-refractivity contribution in [1.82, 2.24) is 0 Å². The van der Waals surface area contributed by atoms with Gasteiger partial charge in [0.2, 0.25) is 5.79 Å². The fraction of sp³-hybridized carbons (Fsp3) is 0.533. The van der Waals surface area contributed by atoms with Crippen LogP contribution in [0.3, 0.4) is 0 Å². The molecule has 2 rings (SSSR count). The van der Waals surface area contributed by atoms with Gasteiger partial charge in [-0.2, -0.15) is 0 Å². The number of carbonyl (C=O) groups is 1. The van der Waals surface area contributed by atoms with Crippen molar-refractivity contribution in [2.45, 2.75) is 39.4 Å². The van der Waals surface area contributed by atoms with Gasteiger partial charge in [-0.25, -0.2) is 4.79 Å². The van der Waals surface area contributed by atoms with E-state index in [0.29, 0.717) is 24.0 Å². The van der Waals surface area contributed by atoms with Crippen LogP contribution in [-0.4, -0.2) is 16.9 Å². The van der Waals surface area contributed by atoms with Crippen LogP contribution < -0.4 is 0 Å². The minimum atomic E-state index is -1.45. The molecule has 0 aromatic heterocycles. The second-order valence-electron chi connectivity index (χ2n) is 5.77. The van der Waals surface area contributed by atoms with E-state index in [-0.39, 0.29) is 11.3 Å². The smallest absolute Gasteiger partial charge is 0.336 e. The highest BCUT2D eigenvalue weighted by atomic mass is 16.7. The molecule has 1 fully saturated rings. The summed E-state index contributed by atoms with van der Waals surface area (Å²) in [5, 5.41) is 10.5. The molecule has 98 valence electrons. The predicted octanol–water partition coefficient (Wildman–Crippen LogP) is 2.73. The molecule has 1 N–H and O–H groups in total. The molecule has 0 bridgehead atoms. The SMILES string of the molecule is C=C[C@@]1(C)C[C@@]2(O)OC(=O)C(C)=C2C[C@@H]1C(=C)C. The minimum Gasteiger partial charge on any atom is -0.426 e. The minimum absolute atomic E-state index is 0.176. The third-order valence-corrected chi connectivity index (χ3v) is 4.38. The normalized spacial score (nSPS) is 39.3. The molecule has 2 aliphatic rings. The first-order chi connectivity index (χ1) is 8.23. The fourth-order valence-electron chi connectivity index (χ4n) is 3.19. The molecule has 0 unspecified atom stereocenters. The summed E-state index contributed by atoms with van der Waals surface area (Å²) in [6.45, 7) is 13.6. The van der Waals surface area contributed by atoms with E-state index in [2.05, 4.69) is 13.2 Å². The summed E-state index contributed by atoms with van der Waals surface area (Å²) < 4.78 is 5.16. The molecule has 3 nitrogen and oxygen atoms in total. The maximum Gasteiger partial charge on any atom is 0.336 e. The van der Waals surface area contributed by atoms with Gasteiger partial charge in [-0.3, -0.25) is 0 Å². The van der Waals surface area contributed by atoms with Crippen LogP contribution in [0.2, 0.25) is 0 Å². The summed E-state index contributed by atoms with van der Waals surface area (Å²) in [5.41, 5.74) is 1.98. The van der Waals surface area contributed by atoms with E-state index in [1.54, 1.807) is 6.92 Å². The van der Waals surface area contributed by atoms with Crippen LogP contribution in [-0.2, 0) is 9.53 Å². The summed E-state index contributed by atoms with van der Waals surface area (Å²) in [4.78, 5) is 11.6. The Hall–Kier alpha value is -1.35. The quantitative estimate of drug-likeness (QED) is 0.603. The zero-order valence-electron chi connectivity index (χ0n) is 11.2. The molecule has 0 spiro atoms. The highest BCUT2D eigenvalue weighted by Gasteiger charge is 2.55. The van der Waals surface area contributed by atoms with Crippen molar-refractivity contribution in [3.05, 3.63) is 36.0 Å². The molecular formula is C15H20O3. The molecule has 1 aliphatic heterocycles. The number of hydrogen-bond acceptors (Lipinski definition) is 3. The monoisotopic (exact) mass is 248 g/mol. The van der Waals surface area contributed by atoms with Gasteiger partial charge in [0.25, 0.3) is 0 Å². The van der Waals surface area contributed by atoms with Gasteiger partial charge in [0.1, 0.15) is 0 Å². The summed E-state index contributed by atoms with van der Waals surface area (Å²) in [7, 11) is 0. The molecule has 1 saturated carbocycles. The number of hydrogen-bond donors (Lipinski definition) is 1. The molecule has 18 heavy (non-hydrogen) atoms. The van der Waals surface area contributed by atoms with Crippen molar-refractivity contribution in [1.29, 1.82) is 0 Å². The van der Waals surface area contributed by atoms with Crippen molar-refractivity contribution in [3.63, 3.8) is 0 Å². The summed E-state index contributed by atoms with van der Waals surface area (Å²) in [5.74, 6) is -1.69. The zero-order chi connectivity index (χ0) is 13.7. The van der Waals surface area contributed by atoms with Crippen LogP contribution in [0.15, 0.2) is 36.0 Å². The van der Waals surface area contributed by atoms with Gasteiger partial charge in [-0.15, -0.1) is 6.58 Å². The summed E-state index contributed by atoms with van der Waals surface area (Å²) in [6, 6.07) is 0. The van der Waals surface area contributed by atoms with Crippen molar-refractivity contribution in [2.75, 3.05) is 0 Å². The summed E-state index contributed by atoms with van der Waals surface area (Å²) in [6.07, 6.45) is 2.79. The van der Waals surface area contributed by atoms with Crippen molar-refractivity contribution < 1.29 is 14.6 Å². The Morgan fingerprint density at radius 2 is 2.22 bits per heavy atom. The third-order valence-electron chi connectivity index (χ3n) is 4.38. The highest BCUT2D eigenvalue weighted by molar-refractivity contribution is 5.92.